The number of hydrogen-bond acceptors (Lipinski definition) is 7. The number of methoxy groups -OCH3 is 1. The summed E-state index contributed by atoms with van der Waals surface area (Å²) in [6, 6.07) is 4.00. The Morgan fingerprint density at radius 1 is 1.07 bits per heavy atom. The first-order chi connectivity index (χ1) is 13.0. The standard InChI is InChI=1S/C20H31N5O2/c1-6-7-12-27-18-14-16-15(13-17(18)26-5)19(22-20(21-16)23(2)3)25-10-8-24(4)9-11-25/h13-14H,6-12H2,1-5H3. The predicted molar refractivity (Wildman–Crippen MR) is 111 cm³/mol. The molecule has 0 spiro atoms. The summed E-state index contributed by atoms with van der Waals surface area (Å²) < 4.78 is 11.6. The van der Waals surface area contributed by atoms with Gasteiger partial charge in [-0.25, -0.2) is 4.98 Å². The summed E-state index contributed by atoms with van der Waals surface area (Å²) in [5.41, 5.74) is 0.884. The van der Waals surface area contributed by atoms with Crippen molar-refractivity contribution in [3.8, 4) is 11.5 Å². The van der Waals surface area contributed by atoms with Crippen molar-refractivity contribution in [2.45, 2.75) is 19.8 Å². The summed E-state index contributed by atoms with van der Waals surface area (Å²) in [6.07, 6.45) is 2.11. The lowest BCUT2D eigenvalue weighted by Gasteiger charge is -2.34. The number of rotatable bonds is 7. The third-order valence-corrected chi connectivity index (χ3v) is 4.91. The number of aromatic nitrogens is 2. The van der Waals surface area contributed by atoms with E-state index in [1.807, 2.05) is 31.1 Å². The quantitative estimate of drug-likeness (QED) is 0.692. The van der Waals surface area contributed by atoms with E-state index < -0.39 is 0 Å². The van der Waals surface area contributed by atoms with Crippen LogP contribution in [0.3, 0.4) is 0 Å². The van der Waals surface area contributed by atoms with Crippen LogP contribution in [-0.2, 0) is 0 Å². The van der Waals surface area contributed by atoms with Crippen molar-refractivity contribution in [1.29, 1.82) is 0 Å². The van der Waals surface area contributed by atoms with Gasteiger partial charge in [-0.05, 0) is 19.5 Å². The number of unbranched alkanes of at least 4 members (excludes halogenated alkanes) is 1. The Morgan fingerprint density at radius 2 is 1.81 bits per heavy atom. The zero-order valence-corrected chi connectivity index (χ0v) is 17.2. The molecule has 0 saturated carbocycles. The van der Waals surface area contributed by atoms with Crippen LogP contribution in [-0.4, -0.2) is 75.9 Å². The Hall–Kier alpha value is -2.28. The lowest BCUT2D eigenvalue weighted by atomic mass is 10.2. The topological polar surface area (TPSA) is 54.0 Å². The van der Waals surface area contributed by atoms with Gasteiger partial charge >= 0.3 is 0 Å². The molecule has 1 aliphatic rings. The van der Waals surface area contributed by atoms with Crippen molar-refractivity contribution in [3.05, 3.63) is 12.1 Å². The first-order valence-corrected chi connectivity index (χ1v) is 9.67. The average Bonchev–Trinajstić information content (AvgIpc) is 2.67. The molecule has 0 N–H and O–H groups in total. The smallest absolute Gasteiger partial charge is 0.227 e. The maximum absolute atomic E-state index is 5.96. The second kappa shape index (κ2) is 8.61. The fraction of sp³-hybridized carbons (Fsp3) is 0.600. The van der Waals surface area contributed by atoms with Crippen LogP contribution in [0.15, 0.2) is 12.1 Å². The van der Waals surface area contributed by atoms with E-state index in [-0.39, 0.29) is 0 Å². The summed E-state index contributed by atoms with van der Waals surface area (Å²) in [4.78, 5) is 16.2. The van der Waals surface area contributed by atoms with Crippen molar-refractivity contribution in [2.75, 3.05) is 70.8 Å². The van der Waals surface area contributed by atoms with Crippen LogP contribution in [0.25, 0.3) is 10.9 Å². The average molecular weight is 374 g/mol. The molecular weight excluding hydrogens is 342 g/mol. The van der Waals surface area contributed by atoms with Crippen molar-refractivity contribution in [2.24, 2.45) is 0 Å². The van der Waals surface area contributed by atoms with Crippen LogP contribution in [0.5, 0.6) is 11.5 Å². The molecule has 0 amide bonds. The number of likely N-dealkylation sites (N-methyl/N-ethyl adjacent to an activating group) is 1. The fourth-order valence-electron chi connectivity index (χ4n) is 3.17. The van der Waals surface area contributed by atoms with E-state index in [4.69, 9.17) is 19.4 Å². The molecule has 2 heterocycles. The molecule has 148 valence electrons. The molecule has 0 unspecified atom stereocenters. The first kappa shape index (κ1) is 19.5. The van der Waals surface area contributed by atoms with Gasteiger partial charge in [0.05, 0.1) is 19.2 Å². The molecule has 1 saturated heterocycles. The second-order valence-corrected chi connectivity index (χ2v) is 7.25. The van der Waals surface area contributed by atoms with Gasteiger partial charge in [0.1, 0.15) is 5.82 Å². The monoisotopic (exact) mass is 373 g/mol. The number of ether oxygens (including phenoxy) is 2. The van der Waals surface area contributed by atoms with Gasteiger partial charge in [0.15, 0.2) is 11.5 Å². The van der Waals surface area contributed by atoms with E-state index in [9.17, 15) is 0 Å². The van der Waals surface area contributed by atoms with Gasteiger partial charge in [-0.15, -0.1) is 0 Å². The van der Waals surface area contributed by atoms with E-state index in [0.717, 1.165) is 67.2 Å². The van der Waals surface area contributed by atoms with Crippen molar-refractivity contribution in [1.82, 2.24) is 14.9 Å². The summed E-state index contributed by atoms with van der Waals surface area (Å²) >= 11 is 0. The van der Waals surface area contributed by atoms with E-state index in [1.54, 1.807) is 7.11 Å². The number of hydrogen-bond donors (Lipinski definition) is 0. The third-order valence-electron chi connectivity index (χ3n) is 4.91. The molecule has 1 aromatic carbocycles. The molecular formula is C20H31N5O2. The maximum Gasteiger partial charge on any atom is 0.227 e. The van der Waals surface area contributed by atoms with Gasteiger partial charge in [0.25, 0.3) is 0 Å². The van der Waals surface area contributed by atoms with E-state index >= 15 is 0 Å². The fourth-order valence-corrected chi connectivity index (χ4v) is 3.17. The zero-order chi connectivity index (χ0) is 19.4. The second-order valence-electron chi connectivity index (χ2n) is 7.25. The SMILES string of the molecule is CCCCOc1cc2nc(N(C)C)nc(N3CCN(C)CC3)c2cc1OC. The number of benzene rings is 1. The van der Waals surface area contributed by atoms with Crippen LogP contribution in [0.4, 0.5) is 11.8 Å². The Balaban J connectivity index is 2.07. The molecule has 0 radical (unpaired) electrons. The van der Waals surface area contributed by atoms with Gasteiger partial charge in [0.2, 0.25) is 5.95 Å². The molecule has 7 heteroatoms. The van der Waals surface area contributed by atoms with Crippen molar-refractivity contribution in [3.63, 3.8) is 0 Å². The van der Waals surface area contributed by atoms with Gasteiger partial charge < -0.3 is 24.2 Å². The minimum Gasteiger partial charge on any atom is -0.493 e. The van der Waals surface area contributed by atoms with E-state index in [0.29, 0.717) is 12.6 Å². The highest BCUT2D eigenvalue weighted by Gasteiger charge is 2.21. The molecule has 3 rings (SSSR count). The Morgan fingerprint density at radius 3 is 2.44 bits per heavy atom. The molecule has 7 nitrogen and oxygen atoms in total. The number of fused-ring (bicyclic) bond motifs is 1. The highest BCUT2D eigenvalue weighted by molar-refractivity contribution is 5.93. The minimum atomic E-state index is 0.676. The largest absolute Gasteiger partial charge is 0.493 e. The maximum atomic E-state index is 5.96. The van der Waals surface area contributed by atoms with Crippen LogP contribution < -0.4 is 19.3 Å². The summed E-state index contributed by atoms with van der Waals surface area (Å²) in [6.45, 7) is 6.78. The number of piperazine rings is 1. The summed E-state index contributed by atoms with van der Waals surface area (Å²) in [5, 5.41) is 1.00. The molecule has 1 aromatic heterocycles. The Kier molecular flexibility index (Phi) is 6.21. The third kappa shape index (κ3) is 4.35. The molecule has 1 aliphatic heterocycles. The van der Waals surface area contributed by atoms with Crippen LogP contribution in [0, 0.1) is 0 Å². The predicted octanol–water partition coefficient (Wildman–Crippen LogP) is 2.64. The van der Waals surface area contributed by atoms with Crippen molar-refractivity contribution < 1.29 is 9.47 Å². The number of nitrogens with zero attached hydrogens (tertiary/aromatic N) is 5. The van der Waals surface area contributed by atoms with Crippen molar-refractivity contribution >= 4 is 22.7 Å². The van der Waals surface area contributed by atoms with E-state index in [1.165, 1.54) is 0 Å². The molecule has 27 heavy (non-hydrogen) atoms. The molecule has 0 bridgehead atoms. The lowest BCUT2D eigenvalue weighted by Crippen LogP contribution is -2.45. The molecule has 0 atom stereocenters. The van der Waals surface area contributed by atoms with Gasteiger partial charge in [-0.1, -0.05) is 13.3 Å². The van der Waals surface area contributed by atoms with Crippen LogP contribution in [0.1, 0.15) is 19.8 Å². The normalized spacial score (nSPS) is 15.2. The van der Waals surface area contributed by atoms with Gasteiger partial charge in [-0.2, -0.15) is 4.98 Å². The highest BCUT2D eigenvalue weighted by Crippen LogP contribution is 2.36. The van der Waals surface area contributed by atoms with Gasteiger partial charge in [-0.3, -0.25) is 0 Å². The van der Waals surface area contributed by atoms with Gasteiger partial charge in [0, 0.05) is 51.7 Å². The summed E-state index contributed by atoms with van der Waals surface area (Å²) in [7, 11) is 7.77. The molecule has 1 fully saturated rings. The van der Waals surface area contributed by atoms with E-state index in [2.05, 4.69) is 23.8 Å². The summed E-state index contributed by atoms with van der Waals surface area (Å²) in [5.74, 6) is 3.15. The Bertz CT molecular complexity index is 773. The first-order valence-electron chi connectivity index (χ1n) is 9.67. The lowest BCUT2D eigenvalue weighted by molar-refractivity contribution is 0.289. The minimum absolute atomic E-state index is 0.676. The van der Waals surface area contributed by atoms with Crippen LogP contribution in [0.2, 0.25) is 0 Å². The molecule has 0 aliphatic carbocycles. The molecule has 2 aromatic rings. The number of anilines is 2. The Labute approximate surface area is 161 Å². The highest BCUT2D eigenvalue weighted by atomic mass is 16.5. The zero-order valence-electron chi connectivity index (χ0n) is 17.2. The van der Waals surface area contributed by atoms with Crippen LogP contribution >= 0.6 is 0 Å².